The molecule has 126 valence electrons. The molecule has 0 bridgehead atoms. The number of carbonyl (C=O) groups excluding carboxylic acids is 1. The molecule has 1 N–H and O–H groups in total. The molecule has 3 rings (SSSR count). The van der Waals surface area contributed by atoms with Gasteiger partial charge in [-0.25, -0.2) is 4.98 Å². The van der Waals surface area contributed by atoms with Gasteiger partial charge in [0, 0.05) is 18.4 Å². The van der Waals surface area contributed by atoms with Crippen molar-refractivity contribution in [1.82, 2.24) is 4.98 Å². The van der Waals surface area contributed by atoms with Crippen molar-refractivity contribution in [2.24, 2.45) is 0 Å². The van der Waals surface area contributed by atoms with Crippen LogP contribution in [0, 0.1) is 25.2 Å². The number of benzene rings is 1. The maximum absolute atomic E-state index is 12.0. The maximum Gasteiger partial charge on any atom is 0.172 e. The molecule has 25 heavy (non-hydrogen) atoms. The summed E-state index contributed by atoms with van der Waals surface area (Å²) in [4.78, 5) is 17.4. The first kappa shape index (κ1) is 17.1. The molecule has 2 aromatic heterocycles. The minimum atomic E-state index is 0.162. The van der Waals surface area contributed by atoms with Gasteiger partial charge in [0.1, 0.15) is 11.9 Å². The monoisotopic (exact) mass is 349 g/mol. The zero-order valence-electron chi connectivity index (χ0n) is 14.3. The number of anilines is 1. The number of nitrogens with zero attached hydrogens (tertiary/aromatic N) is 2. The molecule has 0 fully saturated rings. The second-order valence-corrected chi connectivity index (χ2v) is 7.02. The fourth-order valence-electron chi connectivity index (χ4n) is 2.87. The van der Waals surface area contributed by atoms with Crippen LogP contribution >= 0.6 is 11.3 Å². The highest BCUT2D eigenvalue weighted by atomic mass is 32.1. The second kappa shape index (κ2) is 7.45. The van der Waals surface area contributed by atoms with Gasteiger partial charge in [0.2, 0.25) is 0 Å². The van der Waals surface area contributed by atoms with Gasteiger partial charge in [-0.2, -0.15) is 5.26 Å². The van der Waals surface area contributed by atoms with Crippen LogP contribution in [0.25, 0.3) is 10.9 Å². The summed E-state index contributed by atoms with van der Waals surface area (Å²) in [6.45, 7) is 4.67. The lowest BCUT2D eigenvalue weighted by molar-refractivity contribution is 0.0985. The first-order chi connectivity index (χ1) is 12.1. The molecule has 0 unspecified atom stereocenters. The number of ketones is 1. The summed E-state index contributed by atoms with van der Waals surface area (Å²) in [5.41, 5.74) is 3.68. The van der Waals surface area contributed by atoms with Crippen LogP contribution in [0.1, 0.15) is 39.2 Å². The molecule has 0 spiro atoms. The number of aryl methyl sites for hydroxylation is 2. The van der Waals surface area contributed by atoms with Crippen LogP contribution < -0.4 is 5.32 Å². The fourth-order valence-corrected chi connectivity index (χ4v) is 3.56. The van der Waals surface area contributed by atoms with Crippen molar-refractivity contribution in [2.75, 3.05) is 11.9 Å². The largest absolute Gasteiger partial charge is 0.369 e. The number of nitrogens with one attached hydrogen (secondary N) is 1. The summed E-state index contributed by atoms with van der Waals surface area (Å²) in [6.07, 6.45) is 1.19. The van der Waals surface area contributed by atoms with Crippen molar-refractivity contribution in [3.63, 3.8) is 0 Å². The van der Waals surface area contributed by atoms with E-state index >= 15 is 0 Å². The zero-order chi connectivity index (χ0) is 17.8. The number of thiophene rings is 1. The number of hydrogen-bond donors (Lipinski definition) is 1. The summed E-state index contributed by atoms with van der Waals surface area (Å²) in [7, 11) is 0. The topological polar surface area (TPSA) is 65.8 Å². The third kappa shape index (κ3) is 3.86. The summed E-state index contributed by atoms with van der Waals surface area (Å²) in [5, 5.41) is 15.5. The Morgan fingerprint density at radius 2 is 2.16 bits per heavy atom. The predicted octanol–water partition coefficient (Wildman–Crippen LogP) is 4.86. The van der Waals surface area contributed by atoms with Crippen molar-refractivity contribution in [1.29, 1.82) is 5.26 Å². The Morgan fingerprint density at radius 3 is 2.88 bits per heavy atom. The summed E-state index contributed by atoms with van der Waals surface area (Å²) < 4.78 is 0. The Bertz CT molecular complexity index is 955. The Balaban J connectivity index is 1.70. The number of hydrogen-bond acceptors (Lipinski definition) is 5. The van der Waals surface area contributed by atoms with E-state index < -0.39 is 0 Å². The van der Waals surface area contributed by atoms with Gasteiger partial charge in [0.05, 0.1) is 16.0 Å². The van der Waals surface area contributed by atoms with E-state index in [2.05, 4.69) is 22.4 Å². The molecule has 5 heteroatoms. The van der Waals surface area contributed by atoms with E-state index in [9.17, 15) is 10.1 Å². The normalized spacial score (nSPS) is 10.6. The van der Waals surface area contributed by atoms with Crippen LogP contribution in [0.3, 0.4) is 0 Å². The summed E-state index contributed by atoms with van der Waals surface area (Å²) in [6, 6.07) is 11.9. The lowest BCUT2D eigenvalue weighted by Crippen LogP contribution is -2.08. The Labute approximate surface area is 151 Å². The van der Waals surface area contributed by atoms with E-state index in [4.69, 9.17) is 0 Å². The number of rotatable bonds is 6. The highest BCUT2D eigenvalue weighted by Gasteiger charge is 2.10. The van der Waals surface area contributed by atoms with Crippen LogP contribution in [0.4, 0.5) is 5.82 Å². The van der Waals surface area contributed by atoms with Crippen molar-refractivity contribution in [2.45, 2.75) is 26.7 Å². The molecule has 0 aliphatic rings. The minimum absolute atomic E-state index is 0.162. The molecule has 1 aromatic carbocycles. The van der Waals surface area contributed by atoms with E-state index in [1.165, 1.54) is 11.3 Å². The number of fused-ring (bicyclic) bond motifs is 1. The molecule has 0 atom stereocenters. The first-order valence-corrected chi connectivity index (χ1v) is 9.09. The van der Waals surface area contributed by atoms with Crippen LogP contribution in [0.5, 0.6) is 0 Å². The van der Waals surface area contributed by atoms with Crippen LogP contribution in [0.15, 0.2) is 35.7 Å². The fraction of sp³-hybridized carbons (Fsp3) is 0.250. The number of nitriles is 1. The van der Waals surface area contributed by atoms with Crippen molar-refractivity contribution < 1.29 is 4.79 Å². The van der Waals surface area contributed by atoms with E-state index in [1.54, 1.807) is 0 Å². The molecule has 0 saturated heterocycles. The number of aromatic nitrogens is 1. The number of carbonyl (C=O) groups is 1. The third-order valence-corrected chi connectivity index (χ3v) is 4.99. The van der Waals surface area contributed by atoms with E-state index in [0.29, 0.717) is 30.8 Å². The highest BCUT2D eigenvalue weighted by Crippen LogP contribution is 2.24. The zero-order valence-corrected chi connectivity index (χ0v) is 15.1. The lowest BCUT2D eigenvalue weighted by atomic mass is 10.0. The van der Waals surface area contributed by atoms with E-state index in [1.807, 2.05) is 43.5 Å². The van der Waals surface area contributed by atoms with E-state index in [-0.39, 0.29) is 5.78 Å². The minimum Gasteiger partial charge on any atom is -0.369 e. The molecular formula is C20H19N3OS. The highest BCUT2D eigenvalue weighted by molar-refractivity contribution is 7.12. The average molecular weight is 349 g/mol. The number of pyridine rings is 1. The molecule has 2 heterocycles. The third-order valence-electron chi connectivity index (χ3n) is 4.07. The Hall–Kier alpha value is -2.71. The molecule has 0 amide bonds. The van der Waals surface area contributed by atoms with Crippen molar-refractivity contribution >= 4 is 33.8 Å². The Kier molecular flexibility index (Phi) is 5.11. The first-order valence-electron chi connectivity index (χ1n) is 8.21. The summed E-state index contributed by atoms with van der Waals surface area (Å²) in [5.74, 6) is 0.749. The van der Waals surface area contributed by atoms with Crippen molar-refractivity contribution in [3.8, 4) is 6.07 Å². The molecule has 0 radical (unpaired) electrons. The molecule has 4 nitrogen and oxygen atoms in total. The molecular weight excluding hydrogens is 330 g/mol. The van der Waals surface area contributed by atoms with Gasteiger partial charge in [0.15, 0.2) is 5.78 Å². The second-order valence-electron chi connectivity index (χ2n) is 6.08. The van der Waals surface area contributed by atoms with Gasteiger partial charge in [-0.1, -0.05) is 12.1 Å². The van der Waals surface area contributed by atoms with Crippen LogP contribution in [-0.2, 0) is 0 Å². The summed E-state index contributed by atoms with van der Waals surface area (Å²) >= 11 is 1.47. The van der Waals surface area contributed by atoms with Crippen molar-refractivity contribution in [3.05, 3.63) is 57.3 Å². The van der Waals surface area contributed by atoms with Gasteiger partial charge >= 0.3 is 0 Å². The van der Waals surface area contributed by atoms with Gasteiger partial charge in [-0.15, -0.1) is 11.3 Å². The van der Waals surface area contributed by atoms with Crippen LogP contribution in [-0.4, -0.2) is 17.3 Å². The van der Waals surface area contributed by atoms with Crippen LogP contribution in [0.2, 0.25) is 0 Å². The SMILES string of the molecule is Cc1cc(C)c2cc(C#N)c(NCCCC(=O)c3cccs3)nc2c1. The van der Waals surface area contributed by atoms with E-state index in [0.717, 1.165) is 26.9 Å². The molecule has 0 aliphatic heterocycles. The lowest BCUT2D eigenvalue weighted by Gasteiger charge is -2.10. The van der Waals surface area contributed by atoms with Gasteiger partial charge in [-0.3, -0.25) is 4.79 Å². The molecule has 0 aliphatic carbocycles. The predicted molar refractivity (Wildman–Crippen MR) is 102 cm³/mol. The number of Topliss-reactive ketones (excluding diaryl/α,β-unsaturated/α-hetero) is 1. The van der Waals surface area contributed by atoms with Gasteiger partial charge < -0.3 is 5.32 Å². The smallest absolute Gasteiger partial charge is 0.172 e. The average Bonchev–Trinajstić information content (AvgIpc) is 3.12. The molecule has 0 saturated carbocycles. The standard InChI is InChI=1S/C20H19N3OS/c1-13-9-14(2)16-11-15(12-21)20(23-17(16)10-13)22-7-3-5-18(24)19-6-4-8-25-19/h4,6,8-11H,3,5,7H2,1-2H3,(H,22,23). The van der Waals surface area contributed by atoms with Gasteiger partial charge in [0.25, 0.3) is 0 Å². The Morgan fingerprint density at radius 1 is 1.32 bits per heavy atom. The molecule has 3 aromatic rings. The quantitative estimate of drug-likeness (QED) is 0.510. The maximum atomic E-state index is 12.0. The van der Waals surface area contributed by atoms with Gasteiger partial charge in [-0.05, 0) is 55.0 Å².